The number of ether oxygens (including phenoxy) is 1. The van der Waals surface area contributed by atoms with E-state index in [-0.39, 0.29) is 11.5 Å². The number of nitrogens with one attached hydrogen (secondary N) is 2. The highest BCUT2D eigenvalue weighted by atomic mass is 16.5. The van der Waals surface area contributed by atoms with Crippen LogP contribution < -0.4 is 10.6 Å². The Bertz CT molecular complexity index is 1000. The third-order valence-electron chi connectivity index (χ3n) is 4.26. The normalized spacial score (nSPS) is 10.2. The minimum Gasteiger partial charge on any atom is -0.465 e. The number of aryl methyl sites for hydroxylation is 1. The summed E-state index contributed by atoms with van der Waals surface area (Å²) >= 11 is 0. The Labute approximate surface area is 163 Å². The summed E-state index contributed by atoms with van der Waals surface area (Å²) in [4.78, 5) is 28.7. The number of para-hydroxylation sites is 2. The molecule has 2 aromatic carbocycles. The highest BCUT2D eigenvalue weighted by Crippen LogP contribution is 2.22. The number of esters is 1. The van der Waals surface area contributed by atoms with Gasteiger partial charge in [-0.05, 0) is 36.2 Å². The van der Waals surface area contributed by atoms with Crippen LogP contribution in [-0.2, 0) is 11.2 Å². The van der Waals surface area contributed by atoms with Crippen molar-refractivity contribution in [3.8, 4) is 0 Å². The fraction of sp³-hybridized carbons (Fsp3) is 0.136. The molecule has 0 unspecified atom stereocenters. The average Bonchev–Trinajstić information content (AvgIpc) is 2.74. The van der Waals surface area contributed by atoms with Gasteiger partial charge in [0.25, 0.3) is 5.91 Å². The van der Waals surface area contributed by atoms with Crippen LogP contribution in [0.4, 0.5) is 17.1 Å². The molecule has 0 aliphatic carbocycles. The monoisotopic (exact) mass is 375 g/mol. The average molecular weight is 375 g/mol. The van der Waals surface area contributed by atoms with Gasteiger partial charge in [-0.3, -0.25) is 9.78 Å². The van der Waals surface area contributed by atoms with Gasteiger partial charge < -0.3 is 15.4 Å². The minimum atomic E-state index is -0.513. The van der Waals surface area contributed by atoms with Crippen molar-refractivity contribution in [1.82, 2.24) is 4.98 Å². The van der Waals surface area contributed by atoms with Crippen LogP contribution in [-0.4, -0.2) is 24.0 Å². The fourth-order valence-corrected chi connectivity index (χ4v) is 2.81. The molecule has 2 N–H and O–H groups in total. The van der Waals surface area contributed by atoms with E-state index in [0.29, 0.717) is 16.9 Å². The number of rotatable bonds is 6. The van der Waals surface area contributed by atoms with Crippen molar-refractivity contribution in [2.45, 2.75) is 13.3 Å². The van der Waals surface area contributed by atoms with Gasteiger partial charge in [-0.15, -0.1) is 0 Å². The maximum Gasteiger partial charge on any atom is 0.339 e. The highest BCUT2D eigenvalue weighted by Gasteiger charge is 2.15. The lowest BCUT2D eigenvalue weighted by molar-refractivity contribution is 0.0602. The Kier molecular flexibility index (Phi) is 6.01. The lowest BCUT2D eigenvalue weighted by Gasteiger charge is -2.12. The van der Waals surface area contributed by atoms with Gasteiger partial charge in [-0.1, -0.05) is 37.3 Å². The van der Waals surface area contributed by atoms with Gasteiger partial charge in [-0.2, -0.15) is 0 Å². The first-order valence-electron chi connectivity index (χ1n) is 8.91. The summed E-state index contributed by atoms with van der Waals surface area (Å²) in [6.07, 6.45) is 4.03. The standard InChI is InChI=1S/C22H21N3O3/c1-3-15-8-4-6-10-19(15)24-17-12-16(13-23-14-17)21(26)25-20-11-7-5-9-18(20)22(27)28-2/h4-14,24H,3H2,1-2H3,(H,25,26). The van der Waals surface area contributed by atoms with Crippen LogP contribution in [0.1, 0.15) is 33.2 Å². The molecule has 1 heterocycles. The van der Waals surface area contributed by atoms with E-state index in [1.807, 2.05) is 18.2 Å². The van der Waals surface area contributed by atoms with E-state index in [2.05, 4.69) is 28.6 Å². The molecule has 0 saturated carbocycles. The zero-order chi connectivity index (χ0) is 19.9. The van der Waals surface area contributed by atoms with Crippen molar-refractivity contribution >= 4 is 28.9 Å². The number of hydrogen-bond acceptors (Lipinski definition) is 5. The van der Waals surface area contributed by atoms with Gasteiger partial charge in [0.15, 0.2) is 0 Å². The van der Waals surface area contributed by atoms with E-state index in [9.17, 15) is 9.59 Å². The van der Waals surface area contributed by atoms with Gasteiger partial charge in [0.1, 0.15) is 0 Å². The van der Waals surface area contributed by atoms with Gasteiger partial charge in [0, 0.05) is 11.9 Å². The number of aromatic nitrogens is 1. The Morgan fingerprint density at radius 1 is 1.00 bits per heavy atom. The number of carbonyl (C=O) groups is 2. The lowest BCUT2D eigenvalue weighted by Crippen LogP contribution is -2.15. The summed E-state index contributed by atoms with van der Waals surface area (Å²) in [5.41, 5.74) is 3.89. The summed E-state index contributed by atoms with van der Waals surface area (Å²) < 4.78 is 4.76. The fourth-order valence-electron chi connectivity index (χ4n) is 2.81. The first-order valence-corrected chi connectivity index (χ1v) is 8.91. The molecular formula is C22H21N3O3. The highest BCUT2D eigenvalue weighted by molar-refractivity contribution is 6.08. The van der Waals surface area contributed by atoms with E-state index in [1.54, 1.807) is 36.5 Å². The molecule has 0 atom stereocenters. The molecule has 28 heavy (non-hydrogen) atoms. The zero-order valence-electron chi connectivity index (χ0n) is 15.7. The molecule has 3 aromatic rings. The number of benzene rings is 2. The summed E-state index contributed by atoms with van der Waals surface area (Å²) in [6.45, 7) is 2.08. The van der Waals surface area contributed by atoms with Crippen molar-refractivity contribution in [2.24, 2.45) is 0 Å². The molecule has 1 aromatic heterocycles. The maximum absolute atomic E-state index is 12.7. The predicted molar refractivity (Wildman–Crippen MR) is 109 cm³/mol. The third kappa shape index (κ3) is 4.35. The minimum absolute atomic E-state index is 0.289. The van der Waals surface area contributed by atoms with E-state index in [4.69, 9.17) is 4.74 Å². The van der Waals surface area contributed by atoms with Crippen LogP contribution in [0, 0.1) is 0 Å². The van der Waals surface area contributed by atoms with E-state index in [0.717, 1.165) is 12.1 Å². The van der Waals surface area contributed by atoms with E-state index >= 15 is 0 Å². The van der Waals surface area contributed by atoms with Gasteiger partial charge in [0.2, 0.25) is 0 Å². The molecule has 1 amide bonds. The first kappa shape index (κ1) is 19.1. The molecule has 0 aliphatic heterocycles. The SMILES string of the molecule is CCc1ccccc1Nc1cncc(C(=O)Nc2ccccc2C(=O)OC)c1. The van der Waals surface area contributed by atoms with Crippen LogP contribution in [0.15, 0.2) is 67.0 Å². The Morgan fingerprint density at radius 2 is 1.71 bits per heavy atom. The maximum atomic E-state index is 12.7. The zero-order valence-corrected chi connectivity index (χ0v) is 15.7. The van der Waals surface area contributed by atoms with Crippen molar-refractivity contribution in [3.63, 3.8) is 0 Å². The third-order valence-corrected chi connectivity index (χ3v) is 4.26. The summed E-state index contributed by atoms with van der Waals surface area (Å²) in [7, 11) is 1.30. The molecule has 0 radical (unpaired) electrons. The molecule has 0 saturated heterocycles. The van der Waals surface area contributed by atoms with Crippen LogP contribution in [0.25, 0.3) is 0 Å². The van der Waals surface area contributed by atoms with Crippen LogP contribution in [0.3, 0.4) is 0 Å². The molecular weight excluding hydrogens is 354 g/mol. The summed E-state index contributed by atoms with van der Waals surface area (Å²) in [5, 5.41) is 6.05. The van der Waals surface area contributed by atoms with E-state index in [1.165, 1.54) is 18.9 Å². The molecule has 0 aliphatic rings. The second kappa shape index (κ2) is 8.81. The van der Waals surface area contributed by atoms with E-state index < -0.39 is 5.97 Å². The van der Waals surface area contributed by atoms with Gasteiger partial charge in [-0.25, -0.2) is 4.79 Å². The van der Waals surface area contributed by atoms with Gasteiger partial charge in [0.05, 0.1) is 35.8 Å². The number of pyridine rings is 1. The number of methoxy groups -OCH3 is 1. The topological polar surface area (TPSA) is 80.3 Å². The molecule has 0 fully saturated rings. The first-order chi connectivity index (χ1) is 13.6. The second-order valence-corrected chi connectivity index (χ2v) is 6.09. The van der Waals surface area contributed by atoms with Crippen molar-refractivity contribution < 1.29 is 14.3 Å². The molecule has 142 valence electrons. The predicted octanol–water partition coefficient (Wildman–Crippen LogP) is 4.43. The second-order valence-electron chi connectivity index (χ2n) is 6.09. The summed E-state index contributed by atoms with van der Waals surface area (Å²) in [6, 6.07) is 16.4. The lowest BCUT2D eigenvalue weighted by atomic mass is 10.1. The Balaban J connectivity index is 1.81. The number of carbonyl (C=O) groups excluding carboxylic acids is 2. The van der Waals surface area contributed by atoms with Crippen molar-refractivity contribution in [3.05, 3.63) is 83.7 Å². The molecule has 6 heteroatoms. The van der Waals surface area contributed by atoms with Crippen LogP contribution >= 0.6 is 0 Å². The van der Waals surface area contributed by atoms with Crippen molar-refractivity contribution in [1.29, 1.82) is 0 Å². The van der Waals surface area contributed by atoms with Gasteiger partial charge >= 0.3 is 5.97 Å². The Hall–Kier alpha value is -3.67. The smallest absolute Gasteiger partial charge is 0.339 e. The number of nitrogens with zero attached hydrogens (tertiary/aromatic N) is 1. The molecule has 6 nitrogen and oxygen atoms in total. The van der Waals surface area contributed by atoms with Crippen LogP contribution in [0.2, 0.25) is 0 Å². The largest absolute Gasteiger partial charge is 0.465 e. The molecule has 0 spiro atoms. The molecule has 0 bridgehead atoms. The quantitative estimate of drug-likeness (QED) is 0.623. The van der Waals surface area contributed by atoms with Crippen LogP contribution in [0.5, 0.6) is 0 Å². The number of hydrogen-bond donors (Lipinski definition) is 2. The number of amides is 1. The number of anilines is 3. The summed E-state index contributed by atoms with van der Waals surface area (Å²) in [5.74, 6) is -0.878. The Morgan fingerprint density at radius 3 is 2.46 bits per heavy atom. The van der Waals surface area contributed by atoms with Crippen molar-refractivity contribution in [2.75, 3.05) is 17.7 Å². The molecule has 3 rings (SSSR count).